The van der Waals surface area contributed by atoms with Crippen LogP contribution in [0.15, 0.2) is 97.1 Å². The van der Waals surface area contributed by atoms with Gasteiger partial charge in [0.1, 0.15) is 24.7 Å². The molecule has 0 saturated carbocycles. The number of rotatable bonds is 29. The number of methoxy groups -OCH3 is 10. The maximum Gasteiger partial charge on any atom is 0.203 e. The Morgan fingerprint density at radius 2 is 0.851 bits per heavy atom. The molecule has 0 aliphatic carbocycles. The highest BCUT2D eigenvalue weighted by Crippen LogP contribution is 2.42. The van der Waals surface area contributed by atoms with E-state index in [9.17, 15) is 9.59 Å². The van der Waals surface area contributed by atoms with Gasteiger partial charge in [-0.05, 0) is 71.8 Å². The first-order chi connectivity index (χ1) is 36.0. The van der Waals surface area contributed by atoms with Crippen LogP contribution in [-0.2, 0) is 0 Å². The molecule has 16 nitrogen and oxygen atoms in total. The summed E-state index contributed by atoms with van der Waals surface area (Å²) in [6.07, 6.45) is 8.07. The number of para-hydroxylation sites is 1. The maximum atomic E-state index is 13.5. The Hall–Kier alpha value is -8.66. The zero-order chi connectivity index (χ0) is 53.0. The largest absolute Gasteiger partial charge is 0.496 e. The highest BCUT2D eigenvalue weighted by atomic mass is 16.6. The van der Waals surface area contributed by atoms with Gasteiger partial charge in [-0.25, -0.2) is 0 Å². The van der Waals surface area contributed by atoms with Crippen LogP contribution in [-0.4, -0.2) is 109 Å². The van der Waals surface area contributed by atoms with E-state index in [2.05, 4.69) is 10.6 Å². The summed E-state index contributed by atoms with van der Waals surface area (Å²) in [4.78, 5) is 26.7. The minimum atomic E-state index is -0.0777. The van der Waals surface area contributed by atoms with Gasteiger partial charge >= 0.3 is 0 Å². The van der Waals surface area contributed by atoms with Crippen molar-refractivity contribution in [1.29, 1.82) is 0 Å². The Morgan fingerprint density at radius 3 is 1.35 bits per heavy atom. The van der Waals surface area contributed by atoms with Gasteiger partial charge in [0.2, 0.25) is 11.5 Å². The van der Waals surface area contributed by atoms with Crippen LogP contribution in [0.25, 0.3) is 24.3 Å². The SMILES string of the molecule is COc1cc(/C=C\c2cc(OC)c(OC)c(OC)c2)c(NCCC(=O)c2cccc(OCCOc3cc(/C=C\c4cc(OC)c(OC)cc4NCCC(=O)c4ccccc4OC)cc(OC)c3OC)c2)cc1OC. The van der Waals surface area contributed by atoms with Crippen LogP contribution in [0.1, 0.15) is 55.8 Å². The van der Waals surface area contributed by atoms with Crippen molar-refractivity contribution in [3.8, 4) is 69.0 Å². The van der Waals surface area contributed by atoms with Crippen LogP contribution >= 0.6 is 0 Å². The minimum absolute atomic E-state index is 0.0529. The van der Waals surface area contributed by atoms with Crippen molar-refractivity contribution in [3.63, 3.8) is 0 Å². The predicted octanol–water partition coefficient (Wildman–Crippen LogP) is 10.9. The van der Waals surface area contributed by atoms with Crippen molar-refractivity contribution >= 4 is 47.2 Å². The lowest BCUT2D eigenvalue weighted by Crippen LogP contribution is -2.11. The van der Waals surface area contributed by atoms with Crippen molar-refractivity contribution in [1.82, 2.24) is 0 Å². The van der Waals surface area contributed by atoms with E-state index in [0.717, 1.165) is 33.6 Å². The Morgan fingerprint density at radius 1 is 0.405 bits per heavy atom. The third-order valence-electron chi connectivity index (χ3n) is 11.7. The van der Waals surface area contributed by atoms with Gasteiger partial charge in [0.05, 0.1) is 76.7 Å². The highest BCUT2D eigenvalue weighted by molar-refractivity contribution is 5.99. The second kappa shape index (κ2) is 27.2. The summed E-state index contributed by atoms with van der Waals surface area (Å²) in [5.41, 5.74) is 5.62. The molecule has 0 aliphatic rings. The molecule has 16 heteroatoms. The molecule has 6 aromatic rings. The van der Waals surface area contributed by atoms with Crippen LogP contribution in [0.5, 0.6) is 69.0 Å². The Kier molecular flexibility index (Phi) is 20.1. The van der Waals surface area contributed by atoms with Crippen LogP contribution in [0, 0.1) is 0 Å². The van der Waals surface area contributed by atoms with E-state index < -0.39 is 0 Å². The number of hydrogen-bond acceptors (Lipinski definition) is 16. The fourth-order valence-electron chi connectivity index (χ4n) is 7.94. The van der Waals surface area contributed by atoms with Crippen molar-refractivity contribution < 1.29 is 66.4 Å². The monoisotopic (exact) mass is 1010 g/mol. The minimum Gasteiger partial charge on any atom is -0.496 e. The van der Waals surface area contributed by atoms with Gasteiger partial charge < -0.3 is 67.5 Å². The lowest BCUT2D eigenvalue weighted by atomic mass is 10.1. The van der Waals surface area contributed by atoms with Gasteiger partial charge in [-0.15, -0.1) is 0 Å². The molecule has 390 valence electrons. The van der Waals surface area contributed by atoms with Crippen molar-refractivity contribution in [3.05, 3.63) is 130 Å². The molecule has 0 aromatic heterocycles. The number of ketones is 2. The molecular weight excluding hydrogens is 949 g/mol. The molecule has 0 atom stereocenters. The normalized spacial score (nSPS) is 10.9. The summed E-state index contributed by atoms with van der Waals surface area (Å²) in [5.74, 6) is 5.90. The second-order valence-electron chi connectivity index (χ2n) is 16.1. The molecule has 0 bridgehead atoms. The number of nitrogens with one attached hydrogen (secondary N) is 2. The fourth-order valence-corrected chi connectivity index (χ4v) is 7.94. The molecule has 6 aromatic carbocycles. The zero-order valence-electron chi connectivity index (χ0n) is 43.5. The first kappa shape index (κ1) is 54.7. The summed E-state index contributed by atoms with van der Waals surface area (Å²) in [5, 5.41) is 6.80. The summed E-state index contributed by atoms with van der Waals surface area (Å²) in [6, 6.07) is 28.9. The van der Waals surface area contributed by atoms with E-state index in [1.165, 1.54) is 0 Å². The molecule has 74 heavy (non-hydrogen) atoms. The third kappa shape index (κ3) is 13.8. The fraction of sp³-hybridized carbons (Fsp3) is 0.276. The van der Waals surface area contributed by atoms with Crippen LogP contribution in [0.3, 0.4) is 0 Å². The van der Waals surface area contributed by atoms with Crippen molar-refractivity contribution in [2.45, 2.75) is 12.8 Å². The number of hydrogen-bond donors (Lipinski definition) is 2. The number of carbonyl (C=O) groups is 2. The standard InChI is InChI=1S/C58H64N2O14/c1-63-48-17-12-11-16-43(48)47(62)23-25-60-45-36-52(67-5)50(65-3)34-40(45)21-19-38-30-55(70-8)58(72-10)56(31-38)74-27-26-73-42-15-13-14-41(32-42)46(61)22-24-59-44-35-51(66-4)49(64-2)33-39(44)20-18-37-28-53(68-6)57(71-9)54(29-37)69-7/h11-21,28-36,59-60H,22-27H2,1-10H3/b20-18-,21-19-. The molecule has 0 saturated heterocycles. The number of Topliss-reactive ketones (excluding diaryl/α,β-unsaturated/α-hetero) is 2. The molecule has 0 unspecified atom stereocenters. The molecule has 0 aliphatic heterocycles. The molecule has 0 fully saturated rings. The van der Waals surface area contributed by atoms with Crippen LogP contribution in [0.4, 0.5) is 11.4 Å². The average molecular weight is 1010 g/mol. The van der Waals surface area contributed by atoms with E-state index >= 15 is 0 Å². The topological polar surface area (TPSA) is 169 Å². The summed E-state index contributed by atoms with van der Waals surface area (Å²) in [6.45, 7) is 0.993. The van der Waals surface area contributed by atoms with Gasteiger partial charge in [0, 0.05) is 66.1 Å². The number of benzene rings is 6. The van der Waals surface area contributed by atoms with E-state index in [1.54, 1.807) is 107 Å². The molecule has 0 amide bonds. The summed E-state index contributed by atoms with van der Waals surface area (Å²) < 4.78 is 68.1. The summed E-state index contributed by atoms with van der Waals surface area (Å²) in [7, 11) is 15.6. The number of carbonyl (C=O) groups excluding carboxylic acids is 2. The smallest absolute Gasteiger partial charge is 0.203 e. The van der Waals surface area contributed by atoms with Crippen molar-refractivity contribution in [2.24, 2.45) is 0 Å². The van der Waals surface area contributed by atoms with E-state index in [4.69, 9.17) is 56.8 Å². The highest BCUT2D eigenvalue weighted by Gasteiger charge is 2.18. The van der Waals surface area contributed by atoms with Gasteiger partial charge in [-0.3, -0.25) is 9.59 Å². The van der Waals surface area contributed by atoms with E-state index in [0.29, 0.717) is 93.2 Å². The van der Waals surface area contributed by atoms with Crippen LogP contribution < -0.4 is 67.5 Å². The lowest BCUT2D eigenvalue weighted by molar-refractivity contribution is 0.0976. The molecule has 0 heterocycles. The maximum absolute atomic E-state index is 13.5. The number of ether oxygens (including phenoxy) is 12. The van der Waals surface area contributed by atoms with E-state index in [-0.39, 0.29) is 37.6 Å². The Bertz CT molecular complexity index is 2910. The zero-order valence-corrected chi connectivity index (χ0v) is 43.5. The van der Waals surface area contributed by atoms with Crippen molar-refractivity contribution in [2.75, 3.05) is 108 Å². The first-order valence-corrected chi connectivity index (χ1v) is 23.5. The molecule has 6 rings (SSSR count). The molecule has 0 spiro atoms. The average Bonchev–Trinajstić information content (AvgIpc) is 3.44. The lowest BCUT2D eigenvalue weighted by Gasteiger charge is -2.16. The second-order valence-corrected chi connectivity index (χ2v) is 16.1. The third-order valence-corrected chi connectivity index (χ3v) is 11.7. The van der Waals surface area contributed by atoms with Gasteiger partial charge in [0.15, 0.2) is 57.6 Å². The predicted molar refractivity (Wildman–Crippen MR) is 288 cm³/mol. The first-order valence-electron chi connectivity index (χ1n) is 23.5. The van der Waals surface area contributed by atoms with Gasteiger partial charge in [-0.2, -0.15) is 0 Å². The van der Waals surface area contributed by atoms with Crippen LogP contribution in [0.2, 0.25) is 0 Å². The van der Waals surface area contributed by atoms with Gasteiger partial charge in [-0.1, -0.05) is 48.6 Å². The quantitative estimate of drug-likeness (QED) is 0.0258. The van der Waals surface area contributed by atoms with E-state index in [1.807, 2.05) is 85.0 Å². The molecular formula is C58H64N2O14. The summed E-state index contributed by atoms with van der Waals surface area (Å²) >= 11 is 0. The van der Waals surface area contributed by atoms with Gasteiger partial charge in [0.25, 0.3) is 0 Å². The Balaban J connectivity index is 1.09. The Labute approximate surface area is 432 Å². The number of anilines is 2. The molecule has 0 radical (unpaired) electrons. The molecule has 2 N–H and O–H groups in total.